The van der Waals surface area contributed by atoms with E-state index in [1.807, 2.05) is 0 Å². The number of nitrogens with zero attached hydrogens (tertiary/aromatic N) is 2. The zero-order chi connectivity index (χ0) is 23.8. The van der Waals surface area contributed by atoms with E-state index in [0.717, 1.165) is 0 Å². The number of aromatic nitrogens is 1. The highest BCUT2D eigenvalue weighted by Crippen LogP contribution is 2.31. The molecule has 0 aliphatic heterocycles. The van der Waals surface area contributed by atoms with Crippen LogP contribution in [0.15, 0.2) is 47.0 Å². The van der Waals surface area contributed by atoms with Gasteiger partial charge in [-0.05, 0) is 37.1 Å². The zero-order valence-corrected chi connectivity index (χ0v) is 18.9. The van der Waals surface area contributed by atoms with Crippen LogP contribution >= 0.6 is 11.6 Å². The van der Waals surface area contributed by atoms with Crippen LogP contribution in [0.1, 0.15) is 36.2 Å². The standard InChI is InChI=1S/C23H25ClN4O5/c1-28(12-13-29)20(31)9-5-4-8-19(30)27-21-16-6-2-3-7-17(16)33-22(21)23(32)26-18-11-10-15(24)14-25-18/h2-3,6-7,10-11,14,29H,4-5,8-9,12-13H2,1H3,(H,27,30)(H,25,26,32). The molecule has 0 spiro atoms. The van der Waals surface area contributed by atoms with E-state index < -0.39 is 5.91 Å². The molecule has 3 aromatic rings. The summed E-state index contributed by atoms with van der Waals surface area (Å²) in [6.07, 6.45) is 2.90. The van der Waals surface area contributed by atoms with Crippen LogP contribution in [0.2, 0.25) is 5.02 Å². The summed E-state index contributed by atoms with van der Waals surface area (Å²) in [6, 6.07) is 10.2. The highest BCUT2D eigenvalue weighted by molar-refractivity contribution is 6.30. The van der Waals surface area contributed by atoms with Crippen molar-refractivity contribution >= 4 is 51.8 Å². The molecule has 0 aliphatic carbocycles. The third-order valence-electron chi connectivity index (χ3n) is 4.94. The lowest BCUT2D eigenvalue weighted by Gasteiger charge is -2.15. The lowest BCUT2D eigenvalue weighted by Crippen LogP contribution is -2.29. The summed E-state index contributed by atoms with van der Waals surface area (Å²) in [7, 11) is 1.63. The summed E-state index contributed by atoms with van der Waals surface area (Å²) in [5.74, 6) is -0.689. The number of hydrogen-bond acceptors (Lipinski definition) is 6. The van der Waals surface area contributed by atoms with Crippen LogP contribution in [-0.4, -0.2) is 52.9 Å². The van der Waals surface area contributed by atoms with Crippen molar-refractivity contribution < 1.29 is 23.9 Å². The van der Waals surface area contributed by atoms with Gasteiger partial charge in [0.15, 0.2) is 0 Å². The normalized spacial score (nSPS) is 10.8. The van der Waals surface area contributed by atoms with Crippen molar-refractivity contribution in [2.45, 2.75) is 25.7 Å². The Hall–Kier alpha value is -3.43. The maximum absolute atomic E-state index is 12.8. The number of para-hydroxylation sites is 1. The molecule has 174 valence electrons. The molecule has 1 aromatic carbocycles. The monoisotopic (exact) mass is 472 g/mol. The van der Waals surface area contributed by atoms with Crippen molar-refractivity contribution in [2.75, 3.05) is 30.8 Å². The van der Waals surface area contributed by atoms with Gasteiger partial charge in [0.2, 0.25) is 17.6 Å². The average Bonchev–Trinajstić information content (AvgIpc) is 3.16. The molecule has 0 radical (unpaired) electrons. The average molecular weight is 473 g/mol. The van der Waals surface area contributed by atoms with Gasteiger partial charge in [0.1, 0.15) is 17.1 Å². The number of anilines is 2. The van der Waals surface area contributed by atoms with E-state index in [0.29, 0.717) is 35.3 Å². The van der Waals surface area contributed by atoms with E-state index in [-0.39, 0.29) is 48.7 Å². The zero-order valence-electron chi connectivity index (χ0n) is 18.1. The van der Waals surface area contributed by atoms with Crippen molar-refractivity contribution in [2.24, 2.45) is 0 Å². The van der Waals surface area contributed by atoms with Gasteiger partial charge in [0.25, 0.3) is 5.91 Å². The van der Waals surface area contributed by atoms with Gasteiger partial charge < -0.3 is 25.1 Å². The predicted molar refractivity (Wildman–Crippen MR) is 125 cm³/mol. The quantitative estimate of drug-likeness (QED) is 0.386. The van der Waals surface area contributed by atoms with Crippen LogP contribution in [-0.2, 0) is 9.59 Å². The first-order chi connectivity index (χ1) is 15.9. The molecule has 9 nitrogen and oxygen atoms in total. The molecule has 3 N–H and O–H groups in total. The minimum Gasteiger partial charge on any atom is -0.449 e. The summed E-state index contributed by atoms with van der Waals surface area (Å²) in [6.45, 7) is 0.191. The minimum absolute atomic E-state index is 0.0397. The van der Waals surface area contributed by atoms with Gasteiger partial charge in [-0.25, -0.2) is 4.98 Å². The van der Waals surface area contributed by atoms with E-state index in [1.54, 1.807) is 43.4 Å². The predicted octanol–water partition coefficient (Wildman–Crippen LogP) is 3.68. The highest BCUT2D eigenvalue weighted by Gasteiger charge is 2.22. The van der Waals surface area contributed by atoms with Crippen LogP contribution in [0.4, 0.5) is 11.5 Å². The topological polar surface area (TPSA) is 125 Å². The highest BCUT2D eigenvalue weighted by atomic mass is 35.5. The molecule has 0 aliphatic rings. The Bertz CT molecular complexity index is 1130. The molecular formula is C23H25ClN4O5. The Labute approximate surface area is 195 Å². The second-order valence-corrected chi connectivity index (χ2v) is 7.85. The Morgan fingerprint density at radius 2 is 1.85 bits per heavy atom. The molecule has 33 heavy (non-hydrogen) atoms. The number of rotatable bonds is 10. The number of unbranched alkanes of at least 4 members (excludes halogenated alkanes) is 1. The maximum Gasteiger partial charge on any atom is 0.294 e. The van der Waals surface area contributed by atoms with Crippen LogP contribution in [0.3, 0.4) is 0 Å². The van der Waals surface area contributed by atoms with Gasteiger partial charge in [-0.3, -0.25) is 14.4 Å². The van der Waals surface area contributed by atoms with Gasteiger partial charge in [-0.2, -0.15) is 0 Å². The Kier molecular flexibility index (Phi) is 8.39. The van der Waals surface area contributed by atoms with Gasteiger partial charge >= 0.3 is 0 Å². The minimum atomic E-state index is -0.561. The fraction of sp³-hybridized carbons (Fsp3) is 0.304. The molecule has 3 amide bonds. The number of amides is 3. The third-order valence-corrected chi connectivity index (χ3v) is 5.16. The number of hydrogen-bond donors (Lipinski definition) is 3. The summed E-state index contributed by atoms with van der Waals surface area (Å²) in [5.41, 5.74) is 0.736. The summed E-state index contributed by atoms with van der Waals surface area (Å²) >= 11 is 5.83. The molecule has 0 saturated carbocycles. The molecule has 10 heteroatoms. The summed E-state index contributed by atoms with van der Waals surface area (Å²) < 4.78 is 5.71. The van der Waals surface area contributed by atoms with Crippen molar-refractivity contribution in [1.29, 1.82) is 0 Å². The maximum atomic E-state index is 12.8. The van der Waals surface area contributed by atoms with Crippen molar-refractivity contribution in [3.63, 3.8) is 0 Å². The number of pyridine rings is 1. The van der Waals surface area contributed by atoms with Crippen LogP contribution in [0.25, 0.3) is 11.0 Å². The smallest absolute Gasteiger partial charge is 0.294 e. The number of furan rings is 1. The lowest BCUT2D eigenvalue weighted by molar-refractivity contribution is -0.130. The number of halogens is 1. The SMILES string of the molecule is CN(CCO)C(=O)CCCCC(=O)Nc1c(C(=O)Nc2ccc(Cl)cn2)oc2ccccc12. The number of likely N-dealkylation sites (N-methyl/N-ethyl adjacent to an activating group) is 1. The Balaban J connectivity index is 1.65. The molecule has 0 saturated heterocycles. The molecule has 2 heterocycles. The fourth-order valence-electron chi connectivity index (χ4n) is 3.18. The lowest BCUT2D eigenvalue weighted by atomic mass is 10.1. The first kappa shape index (κ1) is 24.2. The number of carbonyl (C=O) groups is 3. The van der Waals surface area contributed by atoms with Gasteiger partial charge in [-0.1, -0.05) is 23.7 Å². The van der Waals surface area contributed by atoms with E-state index in [9.17, 15) is 14.4 Å². The van der Waals surface area contributed by atoms with Crippen molar-refractivity contribution in [1.82, 2.24) is 9.88 Å². The summed E-state index contributed by atoms with van der Waals surface area (Å²) in [5, 5.41) is 15.3. The van der Waals surface area contributed by atoms with Crippen LogP contribution in [0, 0.1) is 0 Å². The third kappa shape index (κ3) is 6.53. The molecule has 0 bridgehead atoms. The largest absolute Gasteiger partial charge is 0.449 e. The van der Waals surface area contributed by atoms with E-state index in [1.165, 1.54) is 11.1 Å². The number of fused-ring (bicyclic) bond motifs is 1. The van der Waals surface area contributed by atoms with E-state index in [4.69, 9.17) is 21.1 Å². The molecular weight excluding hydrogens is 448 g/mol. The first-order valence-corrected chi connectivity index (χ1v) is 10.9. The Morgan fingerprint density at radius 3 is 2.58 bits per heavy atom. The van der Waals surface area contributed by atoms with Crippen LogP contribution in [0.5, 0.6) is 0 Å². The Morgan fingerprint density at radius 1 is 1.09 bits per heavy atom. The van der Waals surface area contributed by atoms with Crippen molar-refractivity contribution in [3.8, 4) is 0 Å². The van der Waals surface area contributed by atoms with Crippen molar-refractivity contribution in [3.05, 3.63) is 53.4 Å². The molecule has 0 atom stereocenters. The molecule has 3 rings (SSSR count). The molecule has 0 unspecified atom stereocenters. The number of aliphatic hydroxyl groups is 1. The number of nitrogens with one attached hydrogen (secondary N) is 2. The second kappa shape index (κ2) is 11.4. The van der Waals surface area contributed by atoms with Gasteiger partial charge in [0.05, 0.1) is 11.6 Å². The van der Waals surface area contributed by atoms with Gasteiger partial charge in [-0.15, -0.1) is 0 Å². The second-order valence-electron chi connectivity index (χ2n) is 7.41. The fourth-order valence-corrected chi connectivity index (χ4v) is 3.29. The van der Waals surface area contributed by atoms with Crippen LogP contribution < -0.4 is 10.6 Å². The number of aliphatic hydroxyl groups excluding tert-OH is 1. The van der Waals surface area contributed by atoms with E-state index >= 15 is 0 Å². The number of carbonyl (C=O) groups excluding carboxylic acids is 3. The molecule has 0 fully saturated rings. The van der Waals surface area contributed by atoms with E-state index in [2.05, 4.69) is 15.6 Å². The number of benzene rings is 1. The summed E-state index contributed by atoms with van der Waals surface area (Å²) in [4.78, 5) is 42.8. The molecule has 2 aromatic heterocycles. The van der Waals surface area contributed by atoms with Gasteiger partial charge in [0, 0.05) is 38.0 Å². The first-order valence-electron chi connectivity index (χ1n) is 10.5.